The molecule has 1 aromatic heterocycles. The van der Waals surface area contributed by atoms with Gasteiger partial charge in [-0.05, 0) is 43.5 Å². The molecule has 0 radical (unpaired) electrons. The van der Waals surface area contributed by atoms with E-state index >= 15 is 0 Å². The van der Waals surface area contributed by atoms with E-state index in [2.05, 4.69) is 9.71 Å². The molecule has 2 aromatic rings. The first-order chi connectivity index (χ1) is 13.6. The lowest BCUT2D eigenvalue weighted by Gasteiger charge is -2.14. The highest BCUT2D eigenvalue weighted by molar-refractivity contribution is 7.89. The van der Waals surface area contributed by atoms with Crippen LogP contribution in [0.15, 0.2) is 47.5 Å². The SMILES string of the molecule is COC(=O)C1CCC(NS(=O)(=O)c2ccc(-c3ccc(C(F)(F)F)cn3)cc2)C1. The van der Waals surface area contributed by atoms with Gasteiger partial charge in [0.05, 0.1) is 29.2 Å². The monoisotopic (exact) mass is 428 g/mol. The number of alkyl halides is 3. The van der Waals surface area contributed by atoms with Crippen molar-refractivity contribution in [3.8, 4) is 11.3 Å². The van der Waals surface area contributed by atoms with Crippen LogP contribution in [0.2, 0.25) is 0 Å². The topological polar surface area (TPSA) is 85.4 Å². The van der Waals surface area contributed by atoms with Crippen LogP contribution in [0.4, 0.5) is 13.2 Å². The van der Waals surface area contributed by atoms with Crippen molar-refractivity contribution < 1.29 is 31.1 Å². The first-order valence-electron chi connectivity index (χ1n) is 8.84. The average molecular weight is 428 g/mol. The smallest absolute Gasteiger partial charge is 0.417 e. The predicted molar refractivity (Wildman–Crippen MR) is 98.1 cm³/mol. The lowest BCUT2D eigenvalue weighted by atomic mass is 10.1. The quantitative estimate of drug-likeness (QED) is 0.738. The maximum absolute atomic E-state index is 12.6. The Balaban J connectivity index is 1.70. The highest BCUT2D eigenvalue weighted by Crippen LogP contribution is 2.30. The van der Waals surface area contributed by atoms with E-state index in [1.165, 1.54) is 37.4 Å². The van der Waals surface area contributed by atoms with Crippen molar-refractivity contribution in [1.29, 1.82) is 0 Å². The lowest BCUT2D eigenvalue weighted by Crippen LogP contribution is -2.33. The van der Waals surface area contributed by atoms with Crippen LogP contribution in [0, 0.1) is 5.92 Å². The molecule has 3 rings (SSSR count). The van der Waals surface area contributed by atoms with Crippen molar-refractivity contribution in [3.63, 3.8) is 0 Å². The van der Waals surface area contributed by atoms with Crippen LogP contribution in [-0.4, -0.2) is 32.5 Å². The van der Waals surface area contributed by atoms with E-state index in [1.54, 1.807) is 0 Å². The highest BCUT2D eigenvalue weighted by Gasteiger charge is 2.33. The Labute approximate surface area is 166 Å². The minimum Gasteiger partial charge on any atom is -0.469 e. The molecular weight excluding hydrogens is 409 g/mol. The van der Waals surface area contributed by atoms with E-state index in [4.69, 9.17) is 4.74 Å². The minimum atomic E-state index is -4.47. The van der Waals surface area contributed by atoms with Gasteiger partial charge in [-0.2, -0.15) is 13.2 Å². The molecule has 1 N–H and O–H groups in total. The second-order valence-corrected chi connectivity index (χ2v) is 8.52. The standard InChI is InChI=1S/C19H19F3N2O4S/c1-28-18(25)13-2-6-15(10-13)24-29(26,27)16-7-3-12(4-8-16)17-9-5-14(11-23-17)19(20,21)22/h3-5,7-9,11,13,15,24H,2,6,10H2,1H3. The predicted octanol–water partition coefficient (Wildman–Crippen LogP) is 3.39. The molecule has 29 heavy (non-hydrogen) atoms. The molecule has 0 amide bonds. The molecule has 2 unspecified atom stereocenters. The zero-order valence-electron chi connectivity index (χ0n) is 15.4. The summed E-state index contributed by atoms with van der Waals surface area (Å²) in [5.74, 6) is -0.666. The van der Waals surface area contributed by atoms with E-state index in [9.17, 15) is 26.4 Å². The molecule has 0 spiro atoms. The van der Waals surface area contributed by atoms with Gasteiger partial charge in [-0.15, -0.1) is 0 Å². The Bertz CT molecular complexity index is 974. The summed E-state index contributed by atoms with van der Waals surface area (Å²) in [7, 11) is -2.50. The van der Waals surface area contributed by atoms with Crippen LogP contribution in [0.1, 0.15) is 24.8 Å². The molecule has 10 heteroatoms. The van der Waals surface area contributed by atoms with Crippen LogP contribution >= 0.6 is 0 Å². The summed E-state index contributed by atoms with van der Waals surface area (Å²) in [6.45, 7) is 0. The summed E-state index contributed by atoms with van der Waals surface area (Å²) in [5, 5.41) is 0. The Hall–Kier alpha value is -2.46. The normalized spacial score (nSPS) is 19.9. The number of hydrogen-bond acceptors (Lipinski definition) is 5. The fraction of sp³-hybridized carbons (Fsp3) is 0.368. The molecule has 6 nitrogen and oxygen atoms in total. The molecular formula is C19H19F3N2O4S. The van der Waals surface area contributed by atoms with Gasteiger partial charge in [0.15, 0.2) is 0 Å². The zero-order valence-corrected chi connectivity index (χ0v) is 16.3. The van der Waals surface area contributed by atoms with Gasteiger partial charge in [0, 0.05) is 17.8 Å². The number of nitrogens with zero attached hydrogens (tertiary/aromatic N) is 1. The van der Waals surface area contributed by atoms with Gasteiger partial charge >= 0.3 is 12.1 Å². The number of halogens is 3. The average Bonchev–Trinajstić information content (AvgIpc) is 3.14. The molecule has 2 atom stereocenters. The lowest BCUT2D eigenvalue weighted by molar-refractivity contribution is -0.145. The number of methoxy groups -OCH3 is 1. The Morgan fingerprint density at radius 2 is 1.83 bits per heavy atom. The van der Waals surface area contributed by atoms with Crippen molar-refractivity contribution in [1.82, 2.24) is 9.71 Å². The summed E-state index contributed by atoms with van der Waals surface area (Å²) in [5.41, 5.74) is -0.0672. The zero-order chi connectivity index (χ0) is 21.2. The van der Waals surface area contributed by atoms with Crippen LogP contribution < -0.4 is 4.72 Å². The number of carbonyl (C=O) groups is 1. The van der Waals surface area contributed by atoms with Crippen molar-refractivity contribution in [2.45, 2.75) is 36.4 Å². The molecule has 0 bridgehead atoms. The molecule has 1 aromatic carbocycles. The van der Waals surface area contributed by atoms with Crippen LogP contribution in [-0.2, 0) is 25.7 Å². The maximum Gasteiger partial charge on any atom is 0.417 e. The molecule has 1 aliphatic carbocycles. The fourth-order valence-corrected chi connectivity index (χ4v) is 4.58. The number of sulfonamides is 1. The number of rotatable bonds is 5. The van der Waals surface area contributed by atoms with E-state index in [0.717, 1.165) is 12.3 Å². The summed E-state index contributed by atoms with van der Waals surface area (Å²) >= 11 is 0. The van der Waals surface area contributed by atoms with E-state index in [-0.39, 0.29) is 22.8 Å². The summed E-state index contributed by atoms with van der Waals surface area (Å²) in [6.07, 6.45) is -2.27. The third kappa shape index (κ3) is 4.94. The largest absolute Gasteiger partial charge is 0.469 e. The van der Waals surface area contributed by atoms with Gasteiger partial charge in [0.25, 0.3) is 0 Å². The van der Waals surface area contributed by atoms with Crippen LogP contribution in [0.5, 0.6) is 0 Å². The van der Waals surface area contributed by atoms with Crippen LogP contribution in [0.3, 0.4) is 0 Å². The number of aromatic nitrogens is 1. The minimum absolute atomic E-state index is 0.0229. The van der Waals surface area contributed by atoms with Crippen LogP contribution in [0.25, 0.3) is 11.3 Å². The first kappa shape index (κ1) is 21.3. The van der Waals surface area contributed by atoms with Gasteiger partial charge in [0.1, 0.15) is 0 Å². The molecule has 1 fully saturated rings. The van der Waals surface area contributed by atoms with Crippen molar-refractivity contribution in [2.75, 3.05) is 7.11 Å². The van der Waals surface area contributed by atoms with E-state index in [1.807, 2.05) is 0 Å². The van der Waals surface area contributed by atoms with E-state index < -0.39 is 21.8 Å². The molecule has 1 heterocycles. The third-order valence-electron chi connectivity index (χ3n) is 4.84. The third-order valence-corrected chi connectivity index (χ3v) is 6.38. The Morgan fingerprint density at radius 1 is 1.14 bits per heavy atom. The molecule has 156 valence electrons. The summed E-state index contributed by atoms with van der Waals surface area (Å²) in [6, 6.07) is 7.49. The van der Waals surface area contributed by atoms with E-state index in [0.29, 0.717) is 30.5 Å². The van der Waals surface area contributed by atoms with Gasteiger partial charge in [-0.1, -0.05) is 12.1 Å². The first-order valence-corrected chi connectivity index (χ1v) is 10.3. The number of nitrogens with one attached hydrogen (secondary N) is 1. The van der Waals surface area contributed by atoms with Crippen molar-refractivity contribution >= 4 is 16.0 Å². The second-order valence-electron chi connectivity index (χ2n) is 6.81. The van der Waals surface area contributed by atoms with Crippen molar-refractivity contribution in [3.05, 3.63) is 48.2 Å². The number of hydrogen-bond donors (Lipinski definition) is 1. The Kier molecular flexibility index (Phi) is 5.95. The number of pyridine rings is 1. The highest BCUT2D eigenvalue weighted by atomic mass is 32.2. The van der Waals surface area contributed by atoms with Gasteiger partial charge in [-0.25, -0.2) is 13.1 Å². The number of carbonyl (C=O) groups excluding carboxylic acids is 1. The Morgan fingerprint density at radius 3 is 2.38 bits per heavy atom. The van der Waals surface area contributed by atoms with Gasteiger partial charge in [0.2, 0.25) is 10.0 Å². The molecule has 1 saturated carbocycles. The summed E-state index contributed by atoms with van der Waals surface area (Å²) < 4.78 is 70.3. The maximum atomic E-state index is 12.6. The molecule has 0 aliphatic heterocycles. The number of benzene rings is 1. The fourth-order valence-electron chi connectivity index (χ4n) is 3.29. The summed E-state index contributed by atoms with van der Waals surface area (Å²) in [4.78, 5) is 15.4. The second kappa shape index (κ2) is 8.11. The van der Waals surface area contributed by atoms with Gasteiger partial charge in [-0.3, -0.25) is 9.78 Å². The van der Waals surface area contributed by atoms with Gasteiger partial charge < -0.3 is 4.74 Å². The number of ether oxygens (including phenoxy) is 1. The van der Waals surface area contributed by atoms with Crippen molar-refractivity contribution in [2.24, 2.45) is 5.92 Å². The molecule has 0 saturated heterocycles. The number of esters is 1. The molecule has 1 aliphatic rings.